The smallest absolute Gasteiger partial charge is 0.0588 e. The number of hydrogen-bond donors (Lipinski definition) is 1. The Labute approximate surface area is 125 Å². The maximum absolute atomic E-state index is 6.25. The molecule has 0 aromatic heterocycles. The maximum Gasteiger partial charge on any atom is 0.0588 e. The summed E-state index contributed by atoms with van der Waals surface area (Å²) in [4.78, 5) is 2.72. The van der Waals surface area contributed by atoms with E-state index in [9.17, 15) is 0 Å². The van der Waals surface area contributed by atoms with Crippen molar-refractivity contribution in [1.29, 1.82) is 0 Å². The second-order valence-electron chi connectivity index (χ2n) is 6.75. The lowest BCUT2D eigenvalue weighted by Gasteiger charge is -2.43. The summed E-state index contributed by atoms with van der Waals surface area (Å²) in [6.45, 7) is 6.47. The summed E-state index contributed by atoms with van der Waals surface area (Å²) in [5.74, 6) is 0. The summed E-state index contributed by atoms with van der Waals surface area (Å²) in [6.07, 6.45) is 13.6. The van der Waals surface area contributed by atoms with Crippen molar-refractivity contribution < 1.29 is 4.74 Å². The standard InChI is InChI=1S/C17H34N2O/c1-2-12-19(13-9-16-8-7-14-20-16)17(15-18)10-5-3-4-6-11-17/h16H,2-15,18H2,1H3. The van der Waals surface area contributed by atoms with Crippen LogP contribution in [0.25, 0.3) is 0 Å². The fourth-order valence-corrected chi connectivity index (χ4v) is 4.06. The molecule has 3 heteroatoms. The minimum absolute atomic E-state index is 0.283. The van der Waals surface area contributed by atoms with Gasteiger partial charge in [0.1, 0.15) is 0 Å². The van der Waals surface area contributed by atoms with Gasteiger partial charge in [-0.3, -0.25) is 4.90 Å². The summed E-state index contributed by atoms with van der Waals surface area (Å²) in [6, 6.07) is 0. The van der Waals surface area contributed by atoms with Crippen LogP contribution in [0.4, 0.5) is 0 Å². The molecule has 1 aliphatic heterocycles. The van der Waals surface area contributed by atoms with Gasteiger partial charge in [0.2, 0.25) is 0 Å². The second kappa shape index (κ2) is 8.35. The third kappa shape index (κ3) is 4.19. The molecule has 0 aromatic rings. The number of nitrogens with two attached hydrogens (primary N) is 1. The number of hydrogen-bond acceptors (Lipinski definition) is 3. The largest absolute Gasteiger partial charge is 0.378 e. The van der Waals surface area contributed by atoms with Crippen molar-refractivity contribution in [2.75, 3.05) is 26.2 Å². The predicted octanol–water partition coefficient (Wildman–Crippen LogP) is 3.32. The van der Waals surface area contributed by atoms with Crippen LogP contribution in [0.1, 0.15) is 71.1 Å². The molecule has 3 nitrogen and oxygen atoms in total. The van der Waals surface area contributed by atoms with Crippen molar-refractivity contribution in [2.45, 2.75) is 82.8 Å². The second-order valence-corrected chi connectivity index (χ2v) is 6.75. The van der Waals surface area contributed by atoms with Crippen LogP contribution in [-0.4, -0.2) is 42.8 Å². The van der Waals surface area contributed by atoms with E-state index in [1.165, 1.54) is 77.3 Å². The zero-order valence-corrected chi connectivity index (χ0v) is 13.4. The average Bonchev–Trinajstić information content (AvgIpc) is 2.87. The number of ether oxygens (including phenoxy) is 1. The van der Waals surface area contributed by atoms with Gasteiger partial charge in [-0.05, 0) is 45.1 Å². The van der Waals surface area contributed by atoms with E-state index in [1.807, 2.05) is 0 Å². The lowest BCUT2D eigenvalue weighted by molar-refractivity contribution is 0.0457. The summed E-state index contributed by atoms with van der Waals surface area (Å²) in [5.41, 5.74) is 6.53. The average molecular weight is 282 g/mol. The Kier molecular flexibility index (Phi) is 6.79. The van der Waals surface area contributed by atoms with Gasteiger partial charge in [-0.25, -0.2) is 0 Å². The SMILES string of the molecule is CCCN(CCC1CCCO1)C1(CN)CCCCCC1. The van der Waals surface area contributed by atoms with Crippen LogP contribution >= 0.6 is 0 Å². The normalized spacial score (nSPS) is 26.9. The van der Waals surface area contributed by atoms with Gasteiger partial charge in [0.05, 0.1) is 6.10 Å². The Bertz CT molecular complexity index is 256. The lowest BCUT2D eigenvalue weighted by Crippen LogP contribution is -2.54. The van der Waals surface area contributed by atoms with Gasteiger partial charge in [0.25, 0.3) is 0 Å². The van der Waals surface area contributed by atoms with Crippen LogP contribution in [-0.2, 0) is 4.74 Å². The molecule has 2 N–H and O–H groups in total. The van der Waals surface area contributed by atoms with Gasteiger partial charge < -0.3 is 10.5 Å². The molecular weight excluding hydrogens is 248 g/mol. The van der Waals surface area contributed by atoms with Gasteiger partial charge in [-0.1, -0.05) is 32.6 Å². The minimum atomic E-state index is 0.283. The van der Waals surface area contributed by atoms with Crippen LogP contribution in [0, 0.1) is 0 Å². The molecule has 1 aliphatic carbocycles. The zero-order chi connectivity index (χ0) is 14.3. The van der Waals surface area contributed by atoms with Crippen LogP contribution in [0.3, 0.4) is 0 Å². The molecule has 20 heavy (non-hydrogen) atoms. The summed E-state index contributed by atoms with van der Waals surface area (Å²) in [7, 11) is 0. The highest BCUT2D eigenvalue weighted by Crippen LogP contribution is 2.32. The van der Waals surface area contributed by atoms with Crippen molar-refractivity contribution in [1.82, 2.24) is 4.90 Å². The summed E-state index contributed by atoms with van der Waals surface area (Å²) >= 11 is 0. The number of rotatable bonds is 7. The molecule has 1 saturated heterocycles. The van der Waals surface area contributed by atoms with E-state index in [4.69, 9.17) is 10.5 Å². The molecule has 2 aliphatic rings. The Hall–Kier alpha value is -0.120. The summed E-state index contributed by atoms with van der Waals surface area (Å²) in [5, 5.41) is 0. The van der Waals surface area contributed by atoms with Crippen LogP contribution in [0.15, 0.2) is 0 Å². The first-order chi connectivity index (χ1) is 9.80. The van der Waals surface area contributed by atoms with Gasteiger partial charge in [-0.2, -0.15) is 0 Å². The first kappa shape index (κ1) is 16.3. The van der Waals surface area contributed by atoms with E-state index < -0.39 is 0 Å². The maximum atomic E-state index is 6.25. The first-order valence-electron chi connectivity index (χ1n) is 8.87. The van der Waals surface area contributed by atoms with E-state index in [0.29, 0.717) is 6.10 Å². The Morgan fingerprint density at radius 1 is 1.10 bits per heavy atom. The van der Waals surface area contributed by atoms with Crippen molar-refractivity contribution in [3.63, 3.8) is 0 Å². The van der Waals surface area contributed by atoms with Gasteiger partial charge >= 0.3 is 0 Å². The number of nitrogens with zero attached hydrogens (tertiary/aromatic N) is 1. The van der Waals surface area contributed by atoms with Gasteiger partial charge in [0, 0.05) is 25.2 Å². The Balaban J connectivity index is 1.95. The van der Waals surface area contributed by atoms with Crippen LogP contribution in [0.5, 0.6) is 0 Å². The third-order valence-electron chi connectivity index (χ3n) is 5.32. The van der Waals surface area contributed by atoms with Gasteiger partial charge in [-0.15, -0.1) is 0 Å². The zero-order valence-electron chi connectivity index (χ0n) is 13.4. The highest BCUT2D eigenvalue weighted by Gasteiger charge is 2.35. The third-order valence-corrected chi connectivity index (χ3v) is 5.32. The Morgan fingerprint density at radius 3 is 2.40 bits per heavy atom. The van der Waals surface area contributed by atoms with E-state index in [2.05, 4.69) is 11.8 Å². The lowest BCUT2D eigenvalue weighted by atomic mass is 9.87. The molecule has 118 valence electrons. The van der Waals surface area contributed by atoms with Crippen LogP contribution in [0.2, 0.25) is 0 Å². The molecule has 0 bridgehead atoms. The molecule has 0 radical (unpaired) electrons. The minimum Gasteiger partial charge on any atom is -0.378 e. The fourth-order valence-electron chi connectivity index (χ4n) is 4.06. The van der Waals surface area contributed by atoms with Crippen molar-refractivity contribution >= 4 is 0 Å². The molecule has 1 heterocycles. The topological polar surface area (TPSA) is 38.5 Å². The van der Waals surface area contributed by atoms with Crippen molar-refractivity contribution in [3.05, 3.63) is 0 Å². The molecule has 2 rings (SSSR count). The molecule has 0 aromatic carbocycles. The first-order valence-corrected chi connectivity index (χ1v) is 8.87. The Morgan fingerprint density at radius 2 is 1.85 bits per heavy atom. The highest BCUT2D eigenvalue weighted by molar-refractivity contribution is 4.93. The van der Waals surface area contributed by atoms with E-state index in [0.717, 1.165) is 13.2 Å². The van der Waals surface area contributed by atoms with Gasteiger partial charge in [0.15, 0.2) is 0 Å². The summed E-state index contributed by atoms with van der Waals surface area (Å²) < 4.78 is 5.80. The molecular formula is C17H34N2O. The quantitative estimate of drug-likeness (QED) is 0.728. The van der Waals surface area contributed by atoms with E-state index >= 15 is 0 Å². The molecule has 0 amide bonds. The molecule has 2 fully saturated rings. The highest BCUT2D eigenvalue weighted by atomic mass is 16.5. The van der Waals surface area contributed by atoms with E-state index in [1.54, 1.807) is 0 Å². The van der Waals surface area contributed by atoms with Crippen molar-refractivity contribution in [3.8, 4) is 0 Å². The predicted molar refractivity (Wildman–Crippen MR) is 84.9 cm³/mol. The fraction of sp³-hybridized carbons (Fsp3) is 1.00. The molecule has 0 spiro atoms. The van der Waals surface area contributed by atoms with E-state index in [-0.39, 0.29) is 5.54 Å². The molecule has 1 unspecified atom stereocenters. The molecule has 1 saturated carbocycles. The monoisotopic (exact) mass is 282 g/mol. The van der Waals surface area contributed by atoms with Crippen LogP contribution < -0.4 is 5.73 Å². The van der Waals surface area contributed by atoms with Crippen molar-refractivity contribution in [2.24, 2.45) is 5.73 Å². The molecule has 1 atom stereocenters.